The minimum atomic E-state index is -1.21. The number of rotatable bonds is 1. The van der Waals surface area contributed by atoms with Crippen molar-refractivity contribution in [1.82, 2.24) is 19.3 Å². The molecule has 0 saturated carbocycles. The fourth-order valence-electron chi connectivity index (χ4n) is 1.12. The van der Waals surface area contributed by atoms with E-state index in [4.69, 9.17) is 0 Å². The molecule has 0 aliphatic heterocycles. The second-order valence-corrected chi connectivity index (χ2v) is 2.79. The van der Waals surface area contributed by atoms with Gasteiger partial charge in [0.05, 0.1) is 18.1 Å². The number of hydrogen-bond acceptors (Lipinski definition) is 4. The van der Waals surface area contributed by atoms with Crippen molar-refractivity contribution in [2.75, 3.05) is 0 Å². The Morgan fingerprint density at radius 2 is 1.81 bits per heavy atom. The topological polar surface area (TPSA) is 69.8 Å². The van der Waals surface area contributed by atoms with Crippen molar-refractivity contribution in [2.45, 2.75) is 0 Å². The van der Waals surface area contributed by atoms with Gasteiger partial charge in [0.25, 0.3) is 5.56 Å². The maximum Gasteiger partial charge on any atom is 0.364 e. The molecule has 2 aromatic heterocycles. The summed E-state index contributed by atoms with van der Waals surface area (Å²) in [5, 5.41) is 0. The highest BCUT2D eigenvalue weighted by Crippen LogP contribution is 1.97. The zero-order chi connectivity index (χ0) is 11.7. The van der Waals surface area contributed by atoms with Crippen molar-refractivity contribution in [1.29, 1.82) is 0 Å². The molecule has 2 heterocycles. The van der Waals surface area contributed by atoms with E-state index in [0.29, 0.717) is 10.8 Å². The van der Waals surface area contributed by atoms with Crippen molar-refractivity contribution < 1.29 is 8.87 Å². The summed E-state index contributed by atoms with van der Waals surface area (Å²) in [6.45, 7) is 0. The van der Waals surface area contributed by atoms with Gasteiger partial charge in [-0.15, -0.1) is 4.79 Å². The first kappa shape index (κ1) is 10.1. The van der Waals surface area contributed by atoms with Gasteiger partial charge < -0.3 is 0 Å². The van der Waals surface area contributed by atoms with Gasteiger partial charge >= 0.3 is 11.8 Å². The lowest BCUT2D eigenvalue weighted by atomic mass is 10.5. The van der Waals surface area contributed by atoms with Crippen molar-refractivity contribution in [3.63, 3.8) is 0 Å². The van der Waals surface area contributed by atoms with E-state index in [1.807, 2.05) is 0 Å². The number of nitrogens with zero attached hydrogens (tertiary/aromatic N) is 4. The van der Waals surface area contributed by atoms with Crippen LogP contribution in [0.2, 0.25) is 0 Å². The quantitative estimate of drug-likeness (QED) is 0.624. The molecule has 0 aliphatic rings. The molecule has 0 amide bonds. The smallest absolute Gasteiger partial charge is 0.269 e. The van der Waals surface area contributed by atoms with Crippen LogP contribution in [0.15, 0.2) is 34.2 Å². The third-order valence-corrected chi connectivity index (χ3v) is 1.81. The molecule has 16 heavy (non-hydrogen) atoms. The van der Waals surface area contributed by atoms with Gasteiger partial charge in [0.2, 0.25) is 0 Å². The van der Waals surface area contributed by atoms with Gasteiger partial charge in [0.15, 0.2) is 0 Å². The van der Waals surface area contributed by atoms with E-state index in [9.17, 15) is 18.5 Å². The average molecular weight is 226 g/mol. The van der Waals surface area contributed by atoms with Crippen LogP contribution >= 0.6 is 0 Å². The van der Waals surface area contributed by atoms with E-state index in [-0.39, 0.29) is 10.5 Å². The Bertz CT molecular complexity index is 632. The van der Waals surface area contributed by atoms with Crippen molar-refractivity contribution in [3.8, 4) is 5.69 Å². The first-order valence-electron chi connectivity index (χ1n) is 4.08. The maximum atomic E-state index is 12.9. The molecule has 0 spiro atoms. The molecule has 0 atom stereocenters. The number of aromatic nitrogens is 4. The molecule has 0 N–H and O–H groups in total. The normalized spacial score (nSPS) is 10.4. The minimum Gasteiger partial charge on any atom is -0.269 e. The fraction of sp³-hybridized carbons (Fsp3) is 0. The Labute approximate surface area is 86.4 Å². The number of halogens is 2. The molecule has 0 aromatic carbocycles. The summed E-state index contributed by atoms with van der Waals surface area (Å²) in [5.41, 5.74) is -2.07. The number of hydrogen-bond donors (Lipinski definition) is 0. The van der Waals surface area contributed by atoms with E-state index in [0.717, 1.165) is 18.5 Å². The molecule has 0 bridgehead atoms. The van der Waals surface area contributed by atoms with E-state index in [1.165, 1.54) is 0 Å². The Morgan fingerprint density at radius 3 is 2.44 bits per heavy atom. The van der Waals surface area contributed by atoms with Gasteiger partial charge in [0, 0.05) is 12.3 Å². The molecule has 0 radical (unpaired) electrons. The molecule has 8 heteroatoms. The lowest BCUT2D eigenvalue weighted by Gasteiger charge is -2.02. The maximum absolute atomic E-state index is 12.9. The van der Waals surface area contributed by atoms with Crippen molar-refractivity contribution in [3.05, 3.63) is 51.6 Å². The van der Waals surface area contributed by atoms with Gasteiger partial charge in [-0.2, -0.15) is 4.39 Å². The van der Waals surface area contributed by atoms with Crippen molar-refractivity contribution >= 4 is 0 Å². The minimum absolute atomic E-state index is 0.108. The largest absolute Gasteiger partial charge is 0.364 e. The molecule has 6 nitrogen and oxygen atoms in total. The third-order valence-electron chi connectivity index (χ3n) is 1.81. The Balaban J connectivity index is 2.74. The summed E-state index contributed by atoms with van der Waals surface area (Å²) in [5.74, 6) is 0. The zero-order valence-corrected chi connectivity index (χ0v) is 7.67. The fourth-order valence-corrected chi connectivity index (χ4v) is 1.12. The van der Waals surface area contributed by atoms with Crippen LogP contribution in [0.4, 0.5) is 8.87 Å². The molecule has 2 rings (SSSR count). The zero-order valence-electron chi connectivity index (χ0n) is 7.67. The Kier molecular flexibility index (Phi) is 2.31. The van der Waals surface area contributed by atoms with Crippen LogP contribution in [-0.4, -0.2) is 19.3 Å². The second kappa shape index (κ2) is 3.65. The van der Waals surface area contributed by atoms with Crippen LogP contribution in [0, 0.1) is 6.08 Å². The first-order valence-corrected chi connectivity index (χ1v) is 4.08. The first-order chi connectivity index (χ1) is 7.59. The monoisotopic (exact) mass is 226 g/mol. The molecule has 0 saturated heterocycles. The summed E-state index contributed by atoms with van der Waals surface area (Å²) >= 11 is 0. The van der Waals surface area contributed by atoms with E-state index >= 15 is 0 Å². The van der Waals surface area contributed by atoms with Gasteiger partial charge in [-0.1, -0.05) is 4.48 Å². The SMILES string of the molecule is O=c1ccn(F)c(=O)n1-c1cnc(F)nc1. The summed E-state index contributed by atoms with van der Waals surface area (Å²) in [4.78, 5) is 28.6. The van der Waals surface area contributed by atoms with Gasteiger partial charge in [-0.3, -0.25) is 4.79 Å². The predicted molar refractivity (Wildman–Crippen MR) is 48.4 cm³/mol. The van der Waals surface area contributed by atoms with E-state index in [1.54, 1.807) is 0 Å². The summed E-state index contributed by atoms with van der Waals surface area (Å²) in [6, 6.07) is 0.852. The highest BCUT2D eigenvalue weighted by molar-refractivity contribution is 5.23. The van der Waals surface area contributed by atoms with Crippen LogP contribution in [0.3, 0.4) is 0 Å². The van der Waals surface area contributed by atoms with Crippen LogP contribution < -0.4 is 11.2 Å². The molecule has 82 valence electrons. The average Bonchev–Trinajstić information content (AvgIpc) is 2.27. The van der Waals surface area contributed by atoms with E-state index in [2.05, 4.69) is 9.97 Å². The summed E-state index contributed by atoms with van der Waals surface area (Å²) in [6.07, 6.45) is 1.50. The standard InChI is InChI=1S/C8H4F2N4O2/c9-7-11-3-5(4-12-7)14-6(15)1-2-13(10)8(14)16/h1-4H. The summed E-state index contributed by atoms with van der Waals surface area (Å²) in [7, 11) is 0. The molecule has 0 fully saturated rings. The van der Waals surface area contributed by atoms with Crippen LogP contribution in [0.25, 0.3) is 5.69 Å². The molecule has 0 aliphatic carbocycles. The van der Waals surface area contributed by atoms with Crippen molar-refractivity contribution in [2.24, 2.45) is 0 Å². The van der Waals surface area contributed by atoms with Crippen LogP contribution in [0.5, 0.6) is 0 Å². The van der Waals surface area contributed by atoms with Crippen LogP contribution in [0.1, 0.15) is 0 Å². The summed E-state index contributed by atoms with van der Waals surface area (Å²) < 4.78 is 25.8. The molecule has 2 aromatic rings. The van der Waals surface area contributed by atoms with Crippen LogP contribution in [-0.2, 0) is 0 Å². The predicted octanol–water partition coefficient (Wildman–Crippen LogP) is -0.339. The van der Waals surface area contributed by atoms with Gasteiger partial charge in [-0.05, 0) is 0 Å². The lowest BCUT2D eigenvalue weighted by molar-refractivity contribution is 0.336. The highest BCUT2D eigenvalue weighted by atomic mass is 19.2. The van der Waals surface area contributed by atoms with Gasteiger partial charge in [0.1, 0.15) is 0 Å². The molecular formula is C8H4F2N4O2. The second-order valence-electron chi connectivity index (χ2n) is 2.79. The Morgan fingerprint density at radius 1 is 1.19 bits per heavy atom. The molecular weight excluding hydrogens is 222 g/mol. The van der Waals surface area contributed by atoms with E-state index < -0.39 is 17.3 Å². The Hall–Kier alpha value is -2.38. The third kappa shape index (κ3) is 1.60. The highest BCUT2D eigenvalue weighted by Gasteiger charge is 2.08. The lowest BCUT2D eigenvalue weighted by Crippen LogP contribution is -2.35. The van der Waals surface area contributed by atoms with Gasteiger partial charge in [-0.25, -0.2) is 19.3 Å². The molecule has 0 unspecified atom stereocenters.